The molecule has 90 heavy (non-hydrogen) atoms. The summed E-state index contributed by atoms with van der Waals surface area (Å²) in [5, 5.41) is 17.3. The van der Waals surface area contributed by atoms with Crippen molar-refractivity contribution in [2.75, 3.05) is 0 Å². The summed E-state index contributed by atoms with van der Waals surface area (Å²) in [4.78, 5) is 40.7. The van der Waals surface area contributed by atoms with Crippen LogP contribution >= 0.6 is 34.8 Å². The van der Waals surface area contributed by atoms with Gasteiger partial charge in [-0.05, 0) is 93.3 Å². The molecular formula is C69H53B2Cl3F3N9O4. The van der Waals surface area contributed by atoms with Crippen LogP contribution in [0.1, 0.15) is 27.7 Å². The molecule has 4 heterocycles. The molecule has 9 aromatic carbocycles. The first-order valence-electron chi connectivity index (χ1n) is 28.1. The molecule has 0 saturated carbocycles. The Morgan fingerprint density at radius 2 is 0.600 bits per heavy atom. The van der Waals surface area contributed by atoms with Crippen molar-refractivity contribution in [3.8, 4) is 91.1 Å². The summed E-state index contributed by atoms with van der Waals surface area (Å²) in [6.45, 7) is 7.77. The Morgan fingerprint density at radius 1 is 0.333 bits per heavy atom. The summed E-state index contributed by atoms with van der Waals surface area (Å²) in [7, 11) is -2.43. The average Bonchev–Trinajstić information content (AvgIpc) is 1.61. The van der Waals surface area contributed by atoms with Gasteiger partial charge in [0.05, 0.1) is 21.2 Å². The van der Waals surface area contributed by atoms with Crippen molar-refractivity contribution in [3.63, 3.8) is 0 Å². The van der Waals surface area contributed by atoms with Gasteiger partial charge in [0.1, 0.15) is 17.5 Å². The fourth-order valence-electron chi connectivity index (χ4n) is 8.80. The first-order valence-corrected chi connectivity index (χ1v) is 29.2. The molecule has 0 bridgehead atoms. The largest absolute Gasteiger partial charge is 0.497 e. The van der Waals surface area contributed by atoms with Gasteiger partial charge >= 0.3 is 14.2 Å². The molecule has 0 spiro atoms. The second-order valence-corrected chi connectivity index (χ2v) is 22.2. The Bertz CT molecular complexity index is 4210. The van der Waals surface area contributed by atoms with Crippen LogP contribution in [-0.2, 0) is 9.31 Å². The van der Waals surface area contributed by atoms with Gasteiger partial charge in [-0.2, -0.15) is 9.97 Å². The molecule has 1 aliphatic rings. The Labute approximate surface area is 533 Å². The molecule has 2 N–H and O–H groups in total. The van der Waals surface area contributed by atoms with E-state index in [0.717, 1.165) is 39.4 Å². The van der Waals surface area contributed by atoms with E-state index in [0.29, 0.717) is 63.2 Å². The Hall–Kier alpha value is -9.36. The first kappa shape index (κ1) is 63.7. The zero-order chi connectivity index (χ0) is 63.4. The first-order chi connectivity index (χ1) is 43.4. The van der Waals surface area contributed by atoms with E-state index in [-0.39, 0.29) is 20.8 Å². The minimum atomic E-state index is -1.60. The van der Waals surface area contributed by atoms with Crippen molar-refractivity contribution in [2.45, 2.75) is 38.9 Å². The second kappa shape index (κ2) is 28.9. The Balaban J connectivity index is 0.000000141. The van der Waals surface area contributed by atoms with Crippen LogP contribution in [0.2, 0.25) is 15.3 Å². The second-order valence-electron chi connectivity index (χ2n) is 21.1. The number of hydrogen-bond donors (Lipinski definition) is 2. The average molecular weight is 1260 g/mol. The highest BCUT2D eigenvalue weighted by molar-refractivity contribution is 6.62. The maximum Gasteiger partial charge on any atom is 0.497 e. The van der Waals surface area contributed by atoms with Gasteiger partial charge in [0.2, 0.25) is 5.28 Å². The van der Waals surface area contributed by atoms with Gasteiger partial charge in [-0.15, -0.1) is 0 Å². The van der Waals surface area contributed by atoms with Crippen molar-refractivity contribution in [2.24, 2.45) is 0 Å². The molecule has 13 rings (SSSR count). The monoisotopic (exact) mass is 1260 g/mol. The number of halogens is 6. The zero-order valence-corrected chi connectivity index (χ0v) is 50.9. The van der Waals surface area contributed by atoms with E-state index < -0.39 is 42.9 Å². The van der Waals surface area contributed by atoms with Crippen molar-refractivity contribution in [3.05, 3.63) is 269 Å². The molecule has 0 aliphatic carbocycles. The summed E-state index contributed by atoms with van der Waals surface area (Å²) < 4.78 is 53.1. The van der Waals surface area contributed by atoms with Crippen molar-refractivity contribution in [1.29, 1.82) is 0 Å². The molecular weight excluding hydrogens is 1200 g/mol. The molecule has 1 fully saturated rings. The van der Waals surface area contributed by atoms with Gasteiger partial charge in [-0.3, -0.25) is 0 Å². The van der Waals surface area contributed by atoms with Crippen LogP contribution in [0.15, 0.2) is 237 Å². The summed E-state index contributed by atoms with van der Waals surface area (Å²) in [5.41, 5.74) is 5.97. The number of hydrogen-bond acceptors (Lipinski definition) is 13. The van der Waals surface area contributed by atoms with Gasteiger partial charge in [-0.25, -0.2) is 48.1 Å². The third-order valence-electron chi connectivity index (χ3n) is 14.3. The van der Waals surface area contributed by atoms with Crippen LogP contribution in [0, 0.1) is 17.5 Å². The summed E-state index contributed by atoms with van der Waals surface area (Å²) in [6.07, 6.45) is 0. The smallest absolute Gasteiger partial charge is 0.423 e. The predicted octanol–water partition coefficient (Wildman–Crippen LogP) is 15.0. The topological polar surface area (TPSA) is 175 Å². The minimum absolute atomic E-state index is 0.0328. The molecule has 12 aromatic rings. The van der Waals surface area contributed by atoms with Crippen LogP contribution in [0.25, 0.3) is 91.1 Å². The molecule has 0 amide bonds. The van der Waals surface area contributed by atoms with E-state index >= 15 is 0 Å². The summed E-state index contributed by atoms with van der Waals surface area (Å²) in [5.74, 6) is 2.81. The van der Waals surface area contributed by atoms with Gasteiger partial charge < -0.3 is 19.4 Å². The predicted molar refractivity (Wildman–Crippen MR) is 350 cm³/mol. The highest BCUT2D eigenvalue weighted by Gasteiger charge is 2.52. The quantitative estimate of drug-likeness (QED) is 0.124. The van der Waals surface area contributed by atoms with Crippen molar-refractivity contribution in [1.82, 2.24) is 44.9 Å². The van der Waals surface area contributed by atoms with E-state index in [2.05, 4.69) is 29.9 Å². The molecule has 0 unspecified atom stereocenters. The van der Waals surface area contributed by atoms with Crippen LogP contribution in [0.3, 0.4) is 0 Å². The Kier molecular flexibility index (Phi) is 20.4. The van der Waals surface area contributed by atoms with Crippen LogP contribution in [0.4, 0.5) is 13.2 Å². The highest BCUT2D eigenvalue weighted by atomic mass is 35.5. The minimum Gasteiger partial charge on any atom is -0.423 e. The van der Waals surface area contributed by atoms with E-state index in [9.17, 15) is 13.2 Å². The SMILES string of the molecule is CC1(C)OB(c2cc(-c3nc(-c4ccccc4)nc(-c4ccccc4)n3)ccc2F)OC1(C)C.Clc1nc(-c2ccccc2)nc(-c2ccccc2)n1.Fc1ccc(-c2nc(-c3ccccc3)nc(-c3ccccc3)n2)cc1Cl.OB(O)c1ccc(F)c(Cl)c1. The summed E-state index contributed by atoms with van der Waals surface area (Å²) >= 11 is 17.3. The number of nitrogens with zero attached hydrogens (tertiary/aromatic N) is 9. The fraction of sp³-hybridized carbons (Fsp3) is 0.0870. The van der Waals surface area contributed by atoms with Crippen LogP contribution in [0.5, 0.6) is 0 Å². The van der Waals surface area contributed by atoms with Crippen molar-refractivity contribution >= 4 is 60.0 Å². The molecule has 1 saturated heterocycles. The van der Waals surface area contributed by atoms with Gasteiger partial charge in [0.15, 0.2) is 46.6 Å². The zero-order valence-electron chi connectivity index (χ0n) is 48.7. The lowest BCUT2D eigenvalue weighted by atomic mass is 9.78. The Morgan fingerprint density at radius 3 is 0.900 bits per heavy atom. The third-order valence-corrected chi connectivity index (χ3v) is 15.0. The standard InChI is InChI=1S/C27H25BFN3O2.C21H13ClFN3.C15H10ClN3.C6H5BClFO2/c1-26(2)27(3,4)34-28(33-26)21-17-20(15-16-22(21)29)25-31-23(18-11-7-5-8-12-18)30-24(32-25)19-13-9-6-10-14-19;22-17-13-16(11-12-18(17)23)21-25-19(14-7-3-1-4-8-14)24-20(26-21)15-9-5-2-6-10-15;16-15-18-13(11-7-3-1-4-8-11)17-14(19-15)12-9-5-2-6-10-12;8-5-3-4(7(10)11)1-2-6(5)9/h5-17H,1-4H3;1-13H;1-10H;1-3,10-11H. The maximum atomic E-state index is 14.9. The normalized spacial score (nSPS) is 12.7. The number of rotatable bonds is 10. The molecule has 13 nitrogen and oxygen atoms in total. The van der Waals surface area contributed by atoms with Gasteiger partial charge in [0, 0.05) is 50.0 Å². The van der Waals surface area contributed by atoms with E-state index in [1.165, 1.54) is 30.3 Å². The molecule has 446 valence electrons. The number of benzene rings is 9. The van der Waals surface area contributed by atoms with E-state index in [1.807, 2.05) is 210 Å². The van der Waals surface area contributed by atoms with Crippen LogP contribution in [-0.4, -0.2) is 80.3 Å². The molecule has 3 aromatic heterocycles. The van der Waals surface area contributed by atoms with Gasteiger partial charge in [-0.1, -0.05) is 211 Å². The van der Waals surface area contributed by atoms with E-state index in [1.54, 1.807) is 18.2 Å². The van der Waals surface area contributed by atoms with E-state index in [4.69, 9.17) is 69.1 Å². The molecule has 0 radical (unpaired) electrons. The molecule has 0 atom stereocenters. The molecule has 21 heteroatoms. The number of aromatic nitrogens is 9. The van der Waals surface area contributed by atoms with Crippen molar-refractivity contribution < 1.29 is 32.5 Å². The lowest BCUT2D eigenvalue weighted by molar-refractivity contribution is 0.00578. The lowest BCUT2D eigenvalue weighted by Gasteiger charge is -2.32. The fourth-order valence-corrected chi connectivity index (χ4v) is 9.33. The third kappa shape index (κ3) is 15.9. The van der Waals surface area contributed by atoms with Gasteiger partial charge in [0.25, 0.3) is 0 Å². The van der Waals surface area contributed by atoms with Crippen LogP contribution < -0.4 is 10.9 Å². The molecule has 1 aliphatic heterocycles. The highest BCUT2D eigenvalue weighted by Crippen LogP contribution is 2.37. The lowest BCUT2D eigenvalue weighted by Crippen LogP contribution is -2.41. The maximum absolute atomic E-state index is 14.9. The summed E-state index contributed by atoms with van der Waals surface area (Å²) in [6, 6.07) is 70.9.